The van der Waals surface area contributed by atoms with Gasteiger partial charge in [-0.1, -0.05) is 0 Å². The molecule has 0 spiro atoms. The van der Waals surface area contributed by atoms with E-state index in [4.69, 9.17) is 18.9 Å². The molecular weight excluding hydrogens is 284 g/mol. The van der Waals surface area contributed by atoms with Gasteiger partial charge in [0.2, 0.25) is 11.5 Å². The van der Waals surface area contributed by atoms with Crippen LogP contribution in [0, 0.1) is 5.92 Å². The minimum absolute atomic E-state index is 0.238. The Morgan fingerprint density at radius 3 is 1.50 bits per heavy atom. The van der Waals surface area contributed by atoms with Gasteiger partial charge in [-0.2, -0.15) is 0 Å². The molecule has 1 aromatic carbocycles. The number of methoxy groups -OCH3 is 4. The van der Waals surface area contributed by atoms with Gasteiger partial charge in [0.15, 0.2) is 11.5 Å². The molecule has 0 amide bonds. The van der Waals surface area contributed by atoms with Crippen molar-refractivity contribution in [2.75, 3.05) is 35.0 Å². The molecule has 0 fully saturated rings. The Balaban J connectivity index is 2.55. The maximum absolute atomic E-state index is 9.20. The van der Waals surface area contributed by atoms with E-state index in [1.54, 1.807) is 28.4 Å². The first-order valence-electron chi connectivity index (χ1n) is 7.70. The number of hydrogen-bond acceptors (Lipinski definition) is 5. The quantitative estimate of drug-likeness (QED) is 0.819. The summed E-state index contributed by atoms with van der Waals surface area (Å²) in [4.78, 5) is 0. The van der Waals surface area contributed by atoms with Gasteiger partial charge in [0, 0.05) is 17.7 Å². The summed E-state index contributed by atoms with van der Waals surface area (Å²) in [6.45, 7) is 0.238. The fourth-order valence-corrected chi connectivity index (χ4v) is 3.40. The standard InChI is InChI=1S/C17H26O5/c1-19-14-12-7-5-11(9-10-18)6-8-13(12)15(20-2)17(22-4)16(14)21-3/h11,18H,5-10H2,1-4H3. The molecule has 22 heavy (non-hydrogen) atoms. The predicted molar refractivity (Wildman–Crippen MR) is 84.5 cm³/mol. The van der Waals surface area contributed by atoms with Gasteiger partial charge in [-0.25, -0.2) is 0 Å². The molecule has 1 aromatic rings. The van der Waals surface area contributed by atoms with Gasteiger partial charge in [0.25, 0.3) is 0 Å². The van der Waals surface area contributed by atoms with E-state index < -0.39 is 0 Å². The zero-order valence-electron chi connectivity index (χ0n) is 13.9. The second kappa shape index (κ2) is 7.58. The Morgan fingerprint density at radius 2 is 1.18 bits per heavy atom. The first kappa shape index (κ1) is 16.7. The largest absolute Gasteiger partial charge is 0.492 e. The summed E-state index contributed by atoms with van der Waals surface area (Å²) in [5.74, 6) is 3.16. The lowest BCUT2D eigenvalue weighted by Crippen LogP contribution is -2.05. The van der Waals surface area contributed by atoms with Crippen molar-refractivity contribution in [3.63, 3.8) is 0 Å². The Hall–Kier alpha value is -1.62. The van der Waals surface area contributed by atoms with Gasteiger partial charge < -0.3 is 24.1 Å². The molecule has 0 unspecified atom stereocenters. The van der Waals surface area contributed by atoms with Crippen LogP contribution in [0.2, 0.25) is 0 Å². The van der Waals surface area contributed by atoms with Crippen molar-refractivity contribution < 1.29 is 24.1 Å². The molecule has 2 rings (SSSR count). The van der Waals surface area contributed by atoms with Crippen LogP contribution >= 0.6 is 0 Å². The first-order chi connectivity index (χ1) is 10.7. The van der Waals surface area contributed by atoms with Gasteiger partial charge in [-0.05, 0) is 38.0 Å². The van der Waals surface area contributed by atoms with Crippen molar-refractivity contribution in [3.8, 4) is 23.0 Å². The zero-order valence-corrected chi connectivity index (χ0v) is 13.9. The molecular formula is C17H26O5. The first-order valence-corrected chi connectivity index (χ1v) is 7.70. The maximum atomic E-state index is 9.20. The van der Waals surface area contributed by atoms with E-state index in [-0.39, 0.29) is 6.61 Å². The molecule has 0 saturated carbocycles. The minimum Gasteiger partial charge on any atom is -0.492 e. The third-order valence-electron chi connectivity index (χ3n) is 4.49. The van der Waals surface area contributed by atoms with Gasteiger partial charge in [-0.3, -0.25) is 0 Å². The van der Waals surface area contributed by atoms with E-state index in [0.717, 1.165) is 54.7 Å². The zero-order chi connectivity index (χ0) is 16.1. The summed E-state index contributed by atoms with van der Waals surface area (Å²) in [6, 6.07) is 0. The van der Waals surface area contributed by atoms with Gasteiger partial charge >= 0.3 is 0 Å². The molecule has 0 aliphatic heterocycles. The van der Waals surface area contributed by atoms with Gasteiger partial charge in [-0.15, -0.1) is 0 Å². The number of benzene rings is 1. The summed E-state index contributed by atoms with van der Waals surface area (Å²) in [5.41, 5.74) is 2.27. The van der Waals surface area contributed by atoms with E-state index in [9.17, 15) is 5.11 Å². The van der Waals surface area contributed by atoms with Crippen LogP contribution in [0.5, 0.6) is 23.0 Å². The highest BCUT2D eigenvalue weighted by molar-refractivity contribution is 5.67. The smallest absolute Gasteiger partial charge is 0.207 e. The predicted octanol–water partition coefficient (Wildman–Crippen LogP) is 2.60. The molecule has 124 valence electrons. The Kier molecular flexibility index (Phi) is 5.77. The highest BCUT2D eigenvalue weighted by Crippen LogP contribution is 2.51. The van der Waals surface area contributed by atoms with E-state index in [1.807, 2.05) is 0 Å². The fourth-order valence-electron chi connectivity index (χ4n) is 3.40. The molecule has 1 aliphatic carbocycles. The Labute approximate surface area is 132 Å². The summed E-state index contributed by atoms with van der Waals surface area (Å²) >= 11 is 0. The molecule has 1 N–H and O–H groups in total. The Bertz CT molecular complexity index is 470. The number of ether oxygens (including phenoxy) is 4. The van der Waals surface area contributed by atoms with E-state index >= 15 is 0 Å². The molecule has 0 bridgehead atoms. The van der Waals surface area contributed by atoms with Gasteiger partial charge in [0.1, 0.15) is 0 Å². The van der Waals surface area contributed by atoms with Crippen molar-refractivity contribution in [2.24, 2.45) is 5.92 Å². The molecule has 0 saturated heterocycles. The fraction of sp³-hybridized carbons (Fsp3) is 0.647. The van der Waals surface area contributed by atoms with Crippen molar-refractivity contribution in [2.45, 2.75) is 32.1 Å². The van der Waals surface area contributed by atoms with Crippen molar-refractivity contribution in [1.29, 1.82) is 0 Å². The number of rotatable bonds is 6. The second-order valence-corrected chi connectivity index (χ2v) is 5.55. The van der Waals surface area contributed by atoms with E-state index in [1.165, 1.54) is 0 Å². The van der Waals surface area contributed by atoms with Crippen LogP contribution in [0.4, 0.5) is 0 Å². The molecule has 0 heterocycles. The van der Waals surface area contributed by atoms with Gasteiger partial charge in [0.05, 0.1) is 28.4 Å². The highest BCUT2D eigenvalue weighted by atomic mass is 16.5. The lowest BCUT2D eigenvalue weighted by molar-refractivity contribution is 0.248. The van der Waals surface area contributed by atoms with Crippen LogP contribution in [0.3, 0.4) is 0 Å². The molecule has 5 heteroatoms. The van der Waals surface area contributed by atoms with Crippen LogP contribution < -0.4 is 18.9 Å². The molecule has 5 nitrogen and oxygen atoms in total. The van der Waals surface area contributed by atoms with Crippen LogP contribution in [-0.4, -0.2) is 40.2 Å². The monoisotopic (exact) mass is 310 g/mol. The van der Waals surface area contributed by atoms with E-state index in [2.05, 4.69) is 0 Å². The normalized spacial score (nSPS) is 15.0. The summed E-state index contributed by atoms with van der Waals surface area (Å²) < 4.78 is 22.3. The third kappa shape index (κ3) is 2.95. The average molecular weight is 310 g/mol. The van der Waals surface area contributed by atoms with Crippen molar-refractivity contribution in [1.82, 2.24) is 0 Å². The maximum Gasteiger partial charge on any atom is 0.207 e. The summed E-state index contributed by atoms with van der Waals surface area (Å²) in [5, 5.41) is 9.20. The van der Waals surface area contributed by atoms with Crippen LogP contribution in [-0.2, 0) is 12.8 Å². The topological polar surface area (TPSA) is 57.2 Å². The third-order valence-corrected chi connectivity index (χ3v) is 4.49. The van der Waals surface area contributed by atoms with Crippen molar-refractivity contribution in [3.05, 3.63) is 11.1 Å². The number of aliphatic hydroxyl groups excluding tert-OH is 1. The lowest BCUT2D eigenvalue weighted by Gasteiger charge is -2.21. The summed E-state index contributed by atoms with van der Waals surface area (Å²) in [6.07, 6.45) is 4.68. The molecule has 0 atom stereocenters. The highest BCUT2D eigenvalue weighted by Gasteiger charge is 2.29. The number of fused-ring (bicyclic) bond motifs is 1. The van der Waals surface area contributed by atoms with Crippen LogP contribution in [0.15, 0.2) is 0 Å². The van der Waals surface area contributed by atoms with Crippen molar-refractivity contribution >= 4 is 0 Å². The average Bonchev–Trinajstić information content (AvgIpc) is 2.75. The second-order valence-electron chi connectivity index (χ2n) is 5.55. The number of aliphatic hydroxyl groups is 1. The molecule has 0 radical (unpaired) electrons. The summed E-state index contributed by atoms with van der Waals surface area (Å²) in [7, 11) is 6.52. The SMILES string of the molecule is COc1c2c(c(OC)c(OC)c1OC)CCC(CCO)CC2. The van der Waals surface area contributed by atoms with Crippen LogP contribution in [0.25, 0.3) is 0 Å². The number of hydrogen-bond donors (Lipinski definition) is 1. The molecule has 1 aliphatic rings. The van der Waals surface area contributed by atoms with E-state index in [0.29, 0.717) is 17.4 Å². The lowest BCUT2D eigenvalue weighted by atomic mass is 9.96. The molecule has 0 aromatic heterocycles. The Morgan fingerprint density at radius 1 is 0.773 bits per heavy atom. The minimum atomic E-state index is 0.238. The van der Waals surface area contributed by atoms with Crippen LogP contribution in [0.1, 0.15) is 30.4 Å².